The topological polar surface area (TPSA) is 237 Å². The Bertz CT molecular complexity index is 1650. The average Bonchev–Trinajstić information content (AvgIpc) is 3.45. The quantitative estimate of drug-likeness (QED) is 0.0222. The third-order valence-electron chi connectivity index (χ3n) is 15.4. The Morgan fingerprint density at radius 3 is 0.916 bits per heavy atom. The molecular formula is C64H124O17P2. The first-order valence-corrected chi connectivity index (χ1v) is 36.4. The lowest BCUT2D eigenvalue weighted by Crippen LogP contribution is -2.30. The van der Waals surface area contributed by atoms with Crippen molar-refractivity contribution in [2.45, 2.75) is 330 Å². The number of esters is 4. The van der Waals surface area contributed by atoms with Crippen LogP contribution in [0, 0.1) is 17.8 Å². The molecule has 0 aliphatic carbocycles. The summed E-state index contributed by atoms with van der Waals surface area (Å²) in [5.74, 6) is 0.0755. The third-order valence-corrected chi connectivity index (χ3v) is 17.3. The van der Waals surface area contributed by atoms with E-state index in [1.54, 1.807) is 0 Å². The fraction of sp³-hybridized carbons (Fsp3) is 0.938. The second-order valence-corrected chi connectivity index (χ2v) is 27.0. The molecule has 0 aliphatic rings. The van der Waals surface area contributed by atoms with Gasteiger partial charge in [-0.25, -0.2) is 9.13 Å². The van der Waals surface area contributed by atoms with Gasteiger partial charge in [0, 0.05) is 25.7 Å². The zero-order chi connectivity index (χ0) is 61.7. The van der Waals surface area contributed by atoms with Crippen molar-refractivity contribution in [3.8, 4) is 0 Å². The van der Waals surface area contributed by atoms with E-state index >= 15 is 0 Å². The van der Waals surface area contributed by atoms with E-state index in [0.717, 1.165) is 115 Å². The minimum Gasteiger partial charge on any atom is -0.462 e. The number of aliphatic hydroxyl groups is 1. The van der Waals surface area contributed by atoms with Gasteiger partial charge in [-0.15, -0.1) is 0 Å². The van der Waals surface area contributed by atoms with Gasteiger partial charge in [-0.3, -0.25) is 37.3 Å². The lowest BCUT2D eigenvalue weighted by atomic mass is 9.99. The summed E-state index contributed by atoms with van der Waals surface area (Å²) in [5, 5.41) is 10.5. The van der Waals surface area contributed by atoms with Crippen LogP contribution in [-0.4, -0.2) is 96.7 Å². The largest absolute Gasteiger partial charge is 0.472 e. The zero-order valence-electron chi connectivity index (χ0n) is 53.6. The summed E-state index contributed by atoms with van der Waals surface area (Å²) in [6, 6.07) is 0. The van der Waals surface area contributed by atoms with Crippen molar-refractivity contribution in [1.82, 2.24) is 0 Å². The van der Waals surface area contributed by atoms with E-state index in [4.69, 9.17) is 37.0 Å². The molecule has 0 amide bonds. The van der Waals surface area contributed by atoms with Crippen LogP contribution in [0.25, 0.3) is 0 Å². The molecule has 0 aromatic rings. The molecule has 0 bridgehead atoms. The summed E-state index contributed by atoms with van der Waals surface area (Å²) >= 11 is 0. The molecule has 492 valence electrons. The molecule has 0 aromatic carbocycles. The van der Waals surface area contributed by atoms with Crippen LogP contribution in [0.3, 0.4) is 0 Å². The van der Waals surface area contributed by atoms with Gasteiger partial charge < -0.3 is 33.8 Å². The van der Waals surface area contributed by atoms with Crippen LogP contribution < -0.4 is 0 Å². The summed E-state index contributed by atoms with van der Waals surface area (Å²) in [6.45, 7) is 11.7. The lowest BCUT2D eigenvalue weighted by Gasteiger charge is -2.21. The number of carbonyl (C=O) groups excluding carboxylic acids is 4. The standard InChI is InChI=1S/C64H124O17P2/c1-8-11-12-13-14-15-19-22-33-40-47-63(68)80-59(51-74-61(66)45-38-31-26-24-28-35-42-55(4)5)53-78-82(70,71)76-49-58(65)50-77-83(72,73)79-54-60(52-75-62(67)46-39-32-27-25-30-37-44-57(7)10-3)81-64(69)48-41-34-23-20-17-16-18-21-29-36-43-56(6)9-2/h55-60,65H,8-54H2,1-7H3,(H,70,71)(H,72,73)/t56?,57?,58-,59+,60+/m0/s1. The fourth-order valence-electron chi connectivity index (χ4n) is 9.42. The molecule has 19 heteroatoms. The van der Waals surface area contributed by atoms with Crippen molar-refractivity contribution in [3.05, 3.63) is 0 Å². The summed E-state index contributed by atoms with van der Waals surface area (Å²) in [4.78, 5) is 72.2. The second kappa shape index (κ2) is 55.4. The van der Waals surface area contributed by atoms with Crippen LogP contribution in [0.1, 0.15) is 312 Å². The minimum absolute atomic E-state index is 0.105. The number of hydrogen-bond donors (Lipinski definition) is 3. The highest BCUT2D eigenvalue weighted by molar-refractivity contribution is 7.47. The number of phosphoric acid groups is 2. The number of ether oxygens (including phenoxy) is 4. The molecule has 0 aliphatic heterocycles. The number of carbonyl (C=O) groups is 4. The second-order valence-electron chi connectivity index (χ2n) is 24.1. The Morgan fingerprint density at radius 1 is 0.349 bits per heavy atom. The van der Waals surface area contributed by atoms with Crippen molar-refractivity contribution in [2.75, 3.05) is 39.6 Å². The first-order valence-electron chi connectivity index (χ1n) is 33.4. The fourth-order valence-corrected chi connectivity index (χ4v) is 11.0. The van der Waals surface area contributed by atoms with E-state index in [1.165, 1.54) is 109 Å². The van der Waals surface area contributed by atoms with Crippen molar-refractivity contribution in [1.29, 1.82) is 0 Å². The van der Waals surface area contributed by atoms with E-state index in [9.17, 15) is 43.2 Å². The summed E-state index contributed by atoms with van der Waals surface area (Å²) < 4.78 is 68.0. The number of phosphoric ester groups is 2. The van der Waals surface area contributed by atoms with Crippen molar-refractivity contribution >= 4 is 39.5 Å². The van der Waals surface area contributed by atoms with E-state index in [1.807, 2.05) is 0 Å². The third kappa shape index (κ3) is 56.3. The van der Waals surface area contributed by atoms with Gasteiger partial charge in [0.1, 0.15) is 19.3 Å². The van der Waals surface area contributed by atoms with Crippen LogP contribution in [-0.2, 0) is 65.4 Å². The van der Waals surface area contributed by atoms with Gasteiger partial charge in [-0.05, 0) is 43.4 Å². The van der Waals surface area contributed by atoms with E-state index in [-0.39, 0.29) is 25.7 Å². The van der Waals surface area contributed by atoms with Crippen molar-refractivity contribution in [2.24, 2.45) is 17.8 Å². The first-order chi connectivity index (χ1) is 39.8. The SMILES string of the molecule is CCCCCCCCCCCCC(=O)O[C@H](COC(=O)CCCCCCCCC(C)C)COP(=O)(O)OC[C@H](O)COP(=O)(O)OC[C@@H](COC(=O)CCCCCCCCC(C)CC)OC(=O)CCCCCCCCCCCCC(C)CC. The number of hydrogen-bond acceptors (Lipinski definition) is 15. The number of aliphatic hydroxyl groups excluding tert-OH is 1. The minimum atomic E-state index is -4.95. The van der Waals surface area contributed by atoms with Crippen LogP contribution >= 0.6 is 15.6 Å². The Hall–Kier alpha value is -1.94. The van der Waals surface area contributed by atoms with Crippen molar-refractivity contribution < 1.29 is 80.2 Å². The molecule has 4 unspecified atom stereocenters. The highest BCUT2D eigenvalue weighted by Gasteiger charge is 2.30. The molecule has 0 fully saturated rings. The Morgan fingerprint density at radius 2 is 0.614 bits per heavy atom. The van der Waals surface area contributed by atoms with Crippen LogP contribution in [0.4, 0.5) is 0 Å². The van der Waals surface area contributed by atoms with E-state index in [0.29, 0.717) is 31.6 Å². The molecule has 7 atom stereocenters. The van der Waals surface area contributed by atoms with Gasteiger partial charge >= 0.3 is 39.5 Å². The summed E-state index contributed by atoms with van der Waals surface area (Å²) in [6.07, 6.45) is 36.2. The monoisotopic (exact) mass is 1230 g/mol. The predicted octanol–water partition coefficient (Wildman–Crippen LogP) is 17.5. The molecule has 17 nitrogen and oxygen atoms in total. The van der Waals surface area contributed by atoms with Crippen LogP contribution in [0.2, 0.25) is 0 Å². The average molecular weight is 1230 g/mol. The lowest BCUT2D eigenvalue weighted by molar-refractivity contribution is -0.161. The Kier molecular flexibility index (Phi) is 54.1. The van der Waals surface area contributed by atoms with Gasteiger partial charge in [-0.2, -0.15) is 0 Å². The van der Waals surface area contributed by atoms with E-state index < -0.39 is 97.5 Å². The maximum atomic E-state index is 13.0. The van der Waals surface area contributed by atoms with Gasteiger partial charge in [0.2, 0.25) is 0 Å². The molecule has 3 N–H and O–H groups in total. The smallest absolute Gasteiger partial charge is 0.462 e. The molecule has 0 spiro atoms. The molecule has 0 aromatic heterocycles. The normalized spacial score (nSPS) is 15.0. The van der Waals surface area contributed by atoms with Crippen LogP contribution in [0.15, 0.2) is 0 Å². The van der Waals surface area contributed by atoms with Gasteiger partial charge in [-0.1, -0.05) is 260 Å². The predicted molar refractivity (Wildman–Crippen MR) is 331 cm³/mol. The van der Waals surface area contributed by atoms with Crippen molar-refractivity contribution in [3.63, 3.8) is 0 Å². The molecule has 0 heterocycles. The first kappa shape index (κ1) is 81.1. The molecular weight excluding hydrogens is 1100 g/mol. The van der Waals surface area contributed by atoms with Gasteiger partial charge in [0.05, 0.1) is 26.4 Å². The Labute approximate surface area is 505 Å². The van der Waals surface area contributed by atoms with Crippen LogP contribution in [0.5, 0.6) is 0 Å². The summed E-state index contributed by atoms with van der Waals surface area (Å²) in [7, 11) is -9.89. The number of unbranched alkanes of at least 4 members (excludes halogenated alkanes) is 28. The van der Waals surface area contributed by atoms with Gasteiger partial charge in [0.25, 0.3) is 0 Å². The maximum absolute atomic E-state index is 13.0. The molecule has 0 saturated heterocycles. The zero-order valence-corrected chi connectivity index (χ0v) is 55.4. The summed E-state index contributed by atoms with van der Waals surface area (Å²) in [5.41, 5.74) is 0. The van der Waals surface area contributed by atoms with Gasteiger partial charge in [0.15, 0.2) is 12.2 Å². The maximum Gasteiger partial charge on any atom is 0.472 e. The van der Waals surface area contributed by atoms with E-state index in [2.05, 4.69) is 48.5 Å². The number of rotatable bonds is 62. The molecule has 0 rings (SSSR count). The highest BCUT2D eigenvalue weighted by atomic mass is 31.2. The highest BCUT2D eigenvalue weighted by Crippen LogP contribution is 2.45. The molecule has 0 saturated carbocycles. The molecule has 83 heavy (non-hydrogen) atoms. The molecule has 0 radical (unpaired) electrons. The Balaban J connectivity index is 5.25.